The Bertz CT molecular complexity index is 1200. The molecule has 3 aromatic rings. The number of ether oxygens (including phenoxy) is 2. The lowest BCUT2D eigenvalue weighted by atomic mass is 9.87. The standard InChI is InChI=1S/C28H37N3O4/c1-27(2,3)22-15-11-21(12-16-22)19-31-26(33)30(6)24(29-31)10-8-9-20-13-17-23(18-14-20)35-28(4,5)25(32)34-7/h11-18H,8-10,19H2,1-7H3. The highest BCUT2D eigenvalue weighted by molar-refractivity contribution is 5.78. The summed E-state index contributed by atoms with van der Waals surface area (Å²) in [6, 6.07) is 16.1. The second kappa shape index (κ2) is 10.5. The van der Waals surface area contributed by atoms with Gasteiger partial charge in [-0.1, -0.05) is 57.2 Å². The van der Waals surface area contributed by atoms with Crippen molar-refractivity contribution in [1.82, 2.24) is 14.3 Å². The van der Waals surface area contributed by atoms with Gasteiger partial charge in [0.2, 0.25) is 0 Å². The van der Waals surface area contributed by atoms with Crippen molar-refractivity contribution in [2.75, 3.05) is 7.11 Å². The summed E-state index contributed by atoms with van der Waals surface area (Å²) >= 11 is 0. The molecule has 0 spiro atoms. The highest BCUT2D eigenvalue weighted by Crippen LogP contribution is 2.23. The van der Waals surface area contributed by atoms with Crippen LogP contribution < -0.4 is 10.4 Å². The SMILES string of the molecule is COC(=O)C(C)(C)Oc1ccc(CCCc2nn(Cc3ccc(C(C)(C)C)cc3)c(=O)n2C)cc1. The number of aryl methyl sites for hydroxylation is 2. The molecular formula is C28H37N3O4. The largest absolute Gasteiger partial charge is 0.476 e. The van der Waals surface area contributed by atoms with Gasteiger partial charge >= 0.3 is 11.7 Å². The van der Waals surface area contributed by atoms with E-state index in [1.54, 1.807) is 25.5 Å². The Morgan fingerprint density at radius 3 is 2.09 bits per heavy atom. The van der Waals surface area contributed by atoms with Gasteiger partial charge in [-0.25, -0.2) is 14.3 Å². The van der Waals surface area contributed by atoms with Gasteiger partial charge in [-0.3, -0.25) is 4.57 Å². The number of benzene rings is 2. The summed E-state index contributed by atoms with van der Waals surface area (Å²) in [5.41, 5.74) is 2.42. The summed E-state index contributed by atoms with van der Waals surface area (Å²) in [6.45, 7) is 10.4. The van der Waals surface area contributed by atoms with Crippen molar-refractivity contribution in [3.63, 3.8) is 0 Å². The Morgan fingerprint density at radius 2 is 1.51 bits per heavy atom. The van der Waals surface area contributed by atoms with Crippen molar-refractivity contribution in [1.29, 1.82) is 0 Å². The number of hydrogen-bond donors (Lipinski definition) is 0. The van der Waals surface area contributed by atoms with Gasteiger partial charge in [0.1, 0.15) is 11.6 Å². The van der Waals surface area contributed by atoms with Gasteiger partial charge in [-0.15, -0.1) is 0 Å². The van der Waals surface area contributed by atoms with Crippen molar-refractivity contribution >= 4 is 5.97 Å². The molecular weight excluding hydrogens is 442 g/mol. The van der Waals surface area contributed by atoms with Crippen molar-refractivity contribution in [2.45, 2.75) is 71.4 Å². The van der Waals surface area contributed by atoms with Crippen LogP contribution in [0.3, 0.4) is 0 Å². The number of carbonyl (C=O) groups is 1. The summed E-state index contributed by atoms with van der Waals surface area (Å²) in [6.07, 6.45) is 2.41. The van der Waals surface area contributed by atoms with Crippen molar-refractivity contribution < 1.29 is 14.3 Å². The molecule has 0 unspecified atom stereocenters. The zero-order chi connectivity index (χ0) is 25.8. The zero-order valence-electron chi connectivity index (χ0n) is 21.9. The monoisotopic (exact) mass is 479 g/mol. The van der Waals surface area contributed by atoms with Gasteiger partial charge in [0.15, 0.2) is 5.60 Å². The van der Waals surface area contributed by atoms with Gasteiger partial charge < -0.3 is 9.47 Å². The van der Waals surface area contributed by atoms with E-state index in [9.17, 15) is 9.59 Å². The molecule has 0 amide bonds. The molecule has 1 aromatic heterocycles. The molecule has 0 saturated carbocycles. The van der Waals surface area contributed by atoms with Crippen LogP contribution in [0.1, 0.15) is 63.6 Å². The second-order valence-electron chi connectivity index (χ2n) is 10.5. The normalized spacial score (nSPS) is 12.0. The van der Waals surface area contributed by atoms with Gasteiger partial charge in [0.25, 0.3) is 0 Å². The van der Waals surface area contributed by atoms with Crippen LogP contribution in [-0.2, 0) is 41.4 Å². The third-order valence-corrected chi connectivity index (χ3v) is 6.12. The van der Waals surface area contributed by atoms with Crippen LogP contribution in [0.25, 0.3) is 0 Å². The van der Waals surface area contributed by atoms with E-state index in [1.807, 2.05) is 24.3 Å². The third-order valence-electron chi connectivity index (χ3n) is 6.12. The lowest BCUT2D eigenvalue weighted by Gasteiger charge is -2.23. The summed E-state index contributed by atoms with van der Waals surface area (Å²) in [7, 11) is 3.12. The fraction of sp³-hybridized carbons (Fsp3) is 0.464. The van der Waals surface area contributed by atoms with E-state index in [1.165, 1.54) is 17.4 Å². The first-order valence-electron chi connectivity index (χ1n) is 12.0. The first-order chi connectivity index (χ1) is 16.4. The average Bonchev–Trinajstić information content (AvgIpc) is 3.07. The maximum absolute atomic E-state index is 12.7. The molecule has 0 fully saturated rings. The zero-order valence-corrected chi connectivity index (χ0v) is 21.9. The summed E-state index contributed by atoms with van der Waals surface area (Å²) in [4.78, 5) is 24.5. The lowest BCUT2D eigenvalue weighted by Crippen LogP contribution is -2.39. The van der Waals surface area contributed by atoms with Crippen LogP contribution in [0.4, 0.5) is 0 Å². The van der Waals surface area contributed by atoms with E-state index in [0.717, 1.165) is 29.8 Å². The molecule has 2 aromatic carbocycles. The highest BCUT2D eigenvalue weighted by atomic mass is 16.6. The molecule has 35 heavy (non-hydrogen) atoms. The Labute approximate surface area is 207 Å². The molecule has 0 saturated heterocycles. The predicted octanol–water partition coefficient (Wildman–Crippen LogP) is 4.43. The fourth-order valence-corrected chi connectivity index (χ4v) is 3.89. The maximum atomic E-state index is 12.7. The number of nitrogens with zero attached hydrogens (tertiary/aromatic N) is 3. The van der Waals surface area contributed by atoms with Gasteiger partial charge in [-0.2, -0.15) is 5.10 Å². The Hall–Kier alpha value is -3.35. The van der Waals surface area contributed by atoms with Gasteiger partial charge in [0, 0.05) is 13.5 Å². The quantitative estimate of drug-likeness (QED) is 0.424. The highest BCUT2D eigenvalue weighted by Gasteiger charge is 2.31. The molecule has 0 bridgehead atoms. The number of esters is 1. The van der Waals surface area contributed by atoms with E-state index >= 15 is 0 Å². The Balaban J connectivity index is 1.58. The minimum absolute atomic E-state index is 0.0977. The second-order valence-corrected chi connectivity index (χ2v) is 10.5. The van der Waals surface area contributed by atoms with Gasteiger partial charge in [-0.05, 0) is 60.9 Å². The molecule has 7 nitrogen and oxygen atoms in total. The first kappa shape index (κ1) is 26.3. The smallest absolute Gasteiger partial charge is 0.349 e. The molecule has 0 atom stereocenters. The fourth-order valence-electron chi connectivity index (χ4n) is 3.89. The summed E-state index contributed by atoms with van der Waals surface area (Å²) < 4.78 is 13.7. The van der Waals surface area contributed by atoms with E-state index in [-0.39, 0.29) is 11.1 Å². The molecule has 3 rings (SSSR count). The molecule has 188 valence electrons. The topological polar surface area (TPSA) is 75.3 Å². The molecule has 0 aliphatic rings. The molecule has 0 radical (unpaired) electrons. The number of hydrogen-bond acceptors (Lipinski definition) is 5. The minimum Gasteiger partial charge on any atom is -0.476 e. The summed E-state index contributed by atoms with van der Waals surface area (Å²) in [5.74, 6) is 0.968. The minimum atomic E-state index is -1.05. The molecule has 0 aliphatic heterocycles. The van der Waals surface area contributed by atoms with E-state index in [0.29, 0.717) is 18.7 Å². The average molecular weight is 480 g/mol. The molecule has 0 N–H and O–H groups in total. The van der Waals surface area contributed by atoms with Crippen LogP contribution in [0.2, 0.25) is 0 Å². The number of rotatable bonds is 9. The van der Waals surface area contributed by atoms with Crippen LogP contribution >= 0.6 is 0 Å². The molecule has 1 heterocycles. The van der Waals surface area contributed by atoms with Crippen molar-refractivity contribution in [3.05, 3.63) is 81.5 Å². The van der Waals surface area contributed by atoms with Crippen LogP contribution in [0.15, 0.2) is 53.3 Å². The van der Waals surface area contributed by atoms with Crippen molar-refractivity contribution in [2.24, 2.45) is 7.05 Å². The van der Waals surface area contributed by atoms with E-state index in [4.69, 9.17) is 9.47 Å². The lowest BCUT2D eigenvalue weighted by molar-refractivity contribution is -0.156. The maximum Gasteiger partial charge on any atom is 0.349 e. The van der Waals surface area contributed by atoms with Gasteiger partial charge in [0.05, 0.1) is 13.7 Å². The Kier molecular flexibility index (Phi) is 7.88. The van der Waals surface area contributed by atoms with Crippen LogP contribution in [0, 0.1) is 0 Å². The van der Waals surface area contributed by atoms with Crippen LogP contribution in [0.5, 0.6) is 5.75 Å². The van der Waals surface area contributed by atoms with Crippen LogP contribution in [-0.4, -0.2) is 33.0 Å². The van der Waals surface area contributed by atoms with E-state index in [2.05, 4.69) is 50.1 Å². The number of carbonyl (C=O) groups excluding carboxylic acids is 1. The third kappa shape index (κ3) is 6.62. The first-order valence-corrected chi connectivity index (χ1v) is 12.0. The molecule has 0 aliphatic carbocycles. The predicted molar refractivity (Wildman–Crippen MR) is 137 cm³/mol. The number of aromatic nitrogens is 3. The Morgan fingerprint density at radius 1 is 0.914 bits per heavy atom. The summed E-state index contributed by atoms with van der Waals surface area (Å²) in [5, 5.41) is 4.59. The van der Waals surface area contributed by atoms with E-state index < -0.39 is 11.6 Å². The van der Waals surface area contributed by atoms with Crippen molar-refractivity contribution in [3.8, 4) is 5.75 Å². The number of methoxy groups -OCH3 is 1. The molecule has 7 heteroatoms.